The molecule has 1 fully saturated rings. The van der Waals surface area contributed by atoms with E-state index in [1.165, 1.54) is 6.07 Å². The Kier molecular flexibility index (Phi) is 4.91. The summed E-state index contributed by atoms with van der Waals surface area (Å²) in [5, 5.41) is 2.91. The average Bonchev–Trinajstić information content (AvgIpc) is 3.36. The Morgan fingerprint density at radius 1 is 1.13 bits per heavy atom. The lowest BCUT2D eigenvalue weighted by molar-refractivity contribution is -0.122. The van der Waals surface area contributed by atoms with Crippen LogP contribution in [0.15, 0.2) is 54.6 Å². The summed E-state index contributed by atoms with van der Waals surface area (Å²) in [6, 6.07) is 16.3. The molecule has 1 aliphatic rings. The summed E-state index contributed by atoms with van der Waals surface area (Å²) in [6.07, 6.45) is 1.48. The second kappa shape index (κ2) is 7.27. The molecule has 2 aromatic rings. The molecule has 3 nitrogen and oxygen atoms in total. The fourth-order valence-electron chi connectivity index (χ4n) is 2.73. The maximum atomic E-state index is 13.7. The minimum Gasteiger partial charge on any atom is -0.494 e. The monoisotopic (exact) mass is 313 g/mol. The van der Waals surface area contributed by atoms with Crippen LogP contribution in [0, 0.1) is 11.7 Å². The largest absolute Gasteiger partial charge is 0.494 e. The maximum Gasteiger partial charge on any atom is 0.223 e. The molecule has 0 radical (unpaired) electrons. The van der Waals surface area contributed by atoms with Crippen molar-refractivity contribution >= 4 is 5.91 Å². The maximum absolute atomic E-state index is 13.7. The van der Waals surface area contributed by atoms with E-state index in [1.54, 1.807) is 12.1 Å². The van der Waals surface area contributed by atoms with Gasteiger partial charge in [-0.15, -0.1) is 0 Å². The SMILES string of the molecule is O=C(NCCCOc1ccccc1)C1CC1c1ccccc1F. The summed E-state index contributed by atoms with van der Waals surface area (Å²) in [6.45, 7) is 1.14. The van der Waals surface area contributed by atoms with Crippen LogP contribution in [0.25, 0.3) is 0 Å². The van der Waals surface area contributed by atoms with E-state index in [-0.39, 0.29) is 23.6 Å². The van der Waals surface area contributed by atoms with Gasteiger partial charge in [-0.1, -0.05) is 36.4 Å². The van der Waals surface area contributed by atoms with Crippen LogP contribution < -0.4 is 10.1 Å². The molecule has 2 aromatic carbocycles. The van der Waals surface area contributed by atoms with Crippen LogP contribution in [-0.4, -0.2) is 19.1 Å². The van der Waals surface area contributed by atoms with Crippen LogP contribution in [0.5, 0.6) is 5.75 Å². The van der Waals surface area contributed by atoms with E-state index in [4.69, 9.17) is 4.74 Å². The Morgan fingerprint density at radius 2 is 1.87 bits per heavy atom. The van der Waals surface area contributed by atoms with Gasteiger partial charge in [-0.05, 0) is 42.5 Å². The summed E-state index contributed by atoms with van der Waals surface area (Å²) >= 11 is 0. The second-order valence-corrected chi connectivity index (χ2v) is 5.78. The highest BCUT2D eigenvalue weighted by Crippen LogP contribution is 2.48. The minimum absolute atomic E-state index is 0.0120. The van der Waals surface area contributed by atoms with Crippen molar-refractivity contribution in [2.45, 2.75) is 18.8 Å². The molecule has 23 heavy (non-hydrogen) atoms. The number of rotatable bonds is 7. The number of benzene rings is 2. The number of para-hydroxylation sites is 1. The normalized spacial score (nSPS) is 19.2. The number of hydrogen-bond donors (Lipinski definition) is 1. The van der Waals surface area contributed by atoms with Gasteiger partial charge in [0.05, 0.1) is 6.61 Å². The number of ether oxygens (including phenoxy) is 1. The van der Waals surface area contributed by atoms with Crippen molar-refractivity contribution in [3.8, 4) is 5.75 Å². The van der Waals surface area contributed by atoms with Crippen LogP contribution in [0.2, 0.25) is 0 Å². The van der Waals surface area contributed by atoms with E-state index < -0.39 is 0 Å². The van der Waals surface area contributed by atoms with E-state index >= 15 is 0 Å². The quantitative estimate of drug-likeness (QED) is 0.794. The zero-order chi connectivity index (χ0) is 16.1. The van der Waals surface area contributed by atoms with Gasteiger partial charge in [-0.2, -0.15) is 0 Å². The average molecular weight is 313 g/mol. The van der Waals surface area contributed by atoms with Crippen LogP contribution in [0.1, 0.15) is 24.3 Å². The van der Waals surface area contributed by atoms with Gasteiger partial charge < -0.3 is 10.1 Å². The van der Waals surface area contributed by atoms with Gasteiger partial charge in [-0.25, -0.2) is 4.39 Å². The van der Waals surface area contributed by atoms with Crippen LogP contribution in [-0.2, 0) is 4.79 Å². The molecular formula is C19H20FNO2. The summed E-state index contributed by atoms with van der Waals surface area (Å²) in [5.74, 6) is 0.557. The Hall–Kier alpha value is -2.36. The Balaban J connectivity index is 1.36. The first-order valence-corrected chi connectivity index (χ1v) is 7.95. The first kappa shape index (κ1) is 15.5. The van der Waals surface area contributed by atoms with E-state index in [2.05, 4.69) is 5.32 Å². The van der Waals surface area contributed by atoms with Gasteiger partial charge in [0.1, 0.15) is 11.6 Å². The molecule has 1 amide bonds. The molecule has 0 heterocycles. The van der Waals surface area contributed by atoms with Crippen LogP contribution in [0.4, 0.5) is 4.39 Å². The van der Waals surface area contributed by atoms with E-state index in [9.17, 15) is 9.18 Å². The molecule has 0 spiro atoms. The highest BCUT2D eigenvalue weighted by Gasteiger charge is 2.44. The van der Waals surface area contributed by atoms with Gasteiger partial charge in [0.25, 0.3) is 0 Å². The van der Waals surface area contributed by atoms with Crippen molar-refractivity contribution in [1.29, 1.82) is 0 Å². The topological polar surface area (TPSA) is 38.3 Å². The van der Waals surface area contributed by atoms with E-state index in [0.717, 1.165) is 18.6 Å². The lowest BCUT2D eigenvalue weighted by Crippen LogP contribution is -2.27. The number of amides is 1. The molecule has 0 aliphatic heterocycles. The minimum atomic E-state index is -0.218. The lowest BCUT2D eigenvalue weighted by Gasteiger charge is -2.07. The molecule has 1 saturated carbocycles. The Morgan fingerprint density at radius 3 is 2.65 bits per heavy atom. The third-order valence-corrected chi connectivity index (χ3v) is 4.06. The van der Waals surface area contributed by atoms with E-state index in [1.807, 2.05) is 36.4 Å². The molecule has 0 saturated heterocycles. The Labute approximate surface area is 135 Å². The smallest absolute Gasteiger partial charge is 0.223 e. The molecule has 3 rings (SSSR count). The fraction of sp³-hybridized carbons (Fsp3) is 0.316. The second-order valence-electron chi connectivity index (χ2n) is 5.78. The third-order valence-electron chi connectivity index (χ3n) is 4.06. The van der Waals surface area contributed by atoms with Crippen molar-refractivity contribution in [3.63, 3.8) is 0 Å². The highest BCUT2D eigenvalue weighted by molar-refractivity contribution is 5.82. The van der Waals surface area contributed by atoms with Crippen molar-refractivity contribution in [2.75, 3.05) is 13.2 Å². The molecule has 4 heteroatoms. The number of carbonyl (C=O) groups excluding carboxylic acids is 1. The van der Waals surface area contributed by atoms with Crippen molar-refractivity contribution in [2.24, 2.45) is 5.92 Å². The molecule has 0 bridgehead atoms. The molecule has 1 N–H and O–H groups in total. The van der Waals surface area contributed by atoms with Crippen molar-refractivity contribution < 1.29 is 13.9 Å². The number of carbonyl (C=O) groups is 1. The molecule has 1 aliphatic carbocycles. The van der Waals surface area contributed by atoms with Gasteiger partial charge in [0, 0.05) is 12.5 Å². The van der Waals surface area contributed by atoms with Crippen molar-refractivity contribution in [3.05, 3.63) is 66.0 Å². The van der Waals surface area contributed by atoms with Crippen molar-refractivity contribution in [1.82, 2.24) is 5.32 Å². The summed E-state index contributed by atoms with van der Waals surface area (Å²) in [5.41, 5.74) is 0.653. The van der Waals surface area contributed by atoms with Gasteiger partial charge in [0.15, 0.2) is 0 Å². The highest BCUT2D eigenvalue weighted by atomic mass is 19.1. The molecule has 120 valence electrons. The van der Waals surface area contributed by atoms with E-state index in [0.29, 0.717) is 18.7 Å². The fourth-order valence-corrected chi connectivity index (χ4v) is 2.73. The van der Waals surface area contributed by atoms with Crippen LogP contribution in [0.3, 0.4) is 0 Å². The van der Waals surface area contributed by atoms with Gasteiger partial charge in [-0.3, -0.25) is 4.79 Å². The predicted octanol–water partition coefficient (Wildman–Crippen LogP) is 3.51. The number of hydrogen-bond acceptors (Lipinski definition) is 2. The summed E-state index contributed by atoms with van der Waals surface area (Å²) in [7, 11) is 0. The number of halogens is 1. The van der Waals surface area contributed by atoms with Crippen LogP contribution >= 0.6 is 0 Å². The lowest BCUT2D eigenvalue weighted by atomic mass is 10.1. The summed E-state index contributed by atoms with van der Waals surface area (Å²) < 4.78 is 19.3. The summed E-state index contributed by atoms with van der Waals surface area (Å²) in [4.78, 5) is 12.1. The predicted molar refractivity (Wildman–Crippen MR) is 86.8 cm³/mol. The third kappa shape index (κ3) is 4.09. The van der Waals surface area contributed by atoms with Gasteiger partial charge in [0.2, 0.25) is 5.91 Å². The molecular weight excluding hydrogens is 293 g/mol. The molecule has 0 aromatic heterocycles. The zero-order valence-corrected chi connectivity index (χ0v) is 12.9. The molecule has 2 unspecified atom stereocenters. The van der Waals surface area contributed by atoms with Gasteiger partial charge >= 0.3 is 0 Å². The Bertz CT molecular complexity index is 659. The first-order valence-electron chi connectivity index (χ1n) is 7.95. The number of nitrogens with one attached hydrogen (secondary N) is 1. The standard InChI is InChI=1S/C19H20FNO2/c20-18-10-5-4-9-15(18)16-13-17(16)19(22)21-11-6-12-23-14-7-2-1-3-8-14/h1-5,7-10,16-17H,6,11-13H2,(H,21,22). The molecule has 2 atom stereocenters. The zero-order valence-electron chi connectivity index (χ0n) is 12.9. The first-order chi connectivity index (χ1) is 11.3.